The average Bonchev–Trinajstić information content (AvgIpc) is 2.70. The third-order valence-electron chi connectivity index (χ3n) is 4.31. The summed E-state index contributed by atoms with van der Waals surface area (Å²) in [5.41, 5.74) is 0.828. The molecule has 1 aromatic rings. The number of alkyl carbamates (subject to hydrolysis) is 1. The standard InChI is InChI=1S/C18H23ClN2O5/c1-25-17(23)16(14-9-5-6-10-21(14)15(22)11-19)20-18(24)26-12-13-7-3-2-4-8-13/h2-4,7-8,14,16H,5-6,9-12H2,1H3,(H,20,24)/t14-,16+/m1/s1. The summed E-state index contributed by atoms with van der Waals surface area (Å²) in [5, 5.41) is 2.54. The number of amides is 2. The van der Waals surface area contributed by atoms with Crippen LogP contribution in [0.15, 0.2) is 30.3 Å². The quantitative estimate of drug-likeness (QED) is 0.601. The van der Waals surface area contributed by atoms with Gasteiger partial charge in [-0.25, -0.2) is 9.59 Å². The Morgan fingerprint density at radius 1 is 1.27 bits per heavy atom. The molecule has 0 spiro atoms. The van der Waals surface area contributed by atoms with Gasteiger partial charge in [-0.2, -0.15) is 0 Å². The van der Waals surface area contributed by atoms with Crippen LogP contribution in [-0.4, -0.2) is 54.5 Å². The van der Waals surface area contributed by atoms with Crippen LogP contribution in [-0.2, 0) is 25.7 Å². The van der Waals surface area contributed by atoms with Crippen molar-refractivity contribution in [2.45, 2.75) is 38.0 Å². The van der Waals surface area contributed by atoms with Gasteiger partial charge in [-0.3, -0.25) is 4.79 Å². The average molecular weight is 383 g/mol. The van der Waals surface area contributed by atoms with Crippen LogP contribution in [0.3, 0.4) is 0 Å². The number of esters is 1. The van der Waals surface area contributed by atoms with Crippen molar-refractivity contribution in [3.63, 3.8) is 0 Å². The summed E-state index contributed by atoms with van der Waals surface area (Å²) in [6.07, 6.45) is 1.49. The van der Waals surface area contributed by atoms with Gasteiger partial charge in [-0.15, -0.1) is 11.6 Å². The third kappa shape index (κ3) is 5.36. The topological polar surface area (TPSA) is 84.9 Å². The molecule has 2 atom stereocenters. The lowest BCUT2D eigenvalue weighted by molar-refractivity contribution is -0.147. The molecule has 0 radical (unpaired) electrons. The van der Waals surface area contributed by atoms with E-state index < -0.39 is 24.1 Å². The Hall–Kier alpha value is -2.28. The van der Waals surface area contributed by atoms with Gasteiger partial charge in [0.05, 0.1) is 13.2 Å². The summed E-state index contributed by atoms with van der Waals surface area (Å²) in [6, 6.07) is 7.68. The summed E-state index contributed by atoms with van der Waals surface area (Å²) in [4.78, 5) is 38.0. The van der Waals surface area contributed by atoms with Gasteiger partial charge >= 0.3 is 12.1 Å². The number of rotatable bonds is 6. The minimum absolute atomic E-state index is 0.0789. The van der Waals surface area contributed by atoms with Crippen molar-refractivity contribution >= 4 is 29.6 Å². The zero-order valence-corrected chi connectivity index (χ0v) is 15.4. The normalized spacial score (nSPS) is 17.9. The Labute approximate surface area is 157 Å². The van der Waals surface area contributed by atoms with Gasteiger partial charge in [0.15, 0.2) is 6.04 Å². The molecule has 2 rings (SSSR count). The Kier molecular flexibility index (Phi) is 7.72. The Balaban J connectivity index is 2.04. The first-order valence-corrected chi connectivity index (χ1v) is 9.00. The van der Waals surface area contributed by atoms with Crippen LogP contribution >= 0.6 is 11.6 Å². The van der Waals surface area contributed by atoms with Crippen LogP contribution in [0.4, 0.5) is 4.79 Å². The largest absolute Gasteiger partial charge is 0.467 e. The van der Waals surface area contributed by atoms with Crippen LogP contribution in [0.1, 0.15) is 24.8 Å². The number of piperidine rings is 1. The van der Waals surface area contributed by atoms with Gasteiger partial charge in [-0.1, -0.05) is 30.3 Å². The molecular formula is C18H23ClN2O5. The highest BCUT2D eigenvalue weighted by atomic mass is 35.5. The highest BCUT2D eigenvalue weighted by Crippen LogP contribution is 2.21. The molecule has 0 unspecified atom stereocenters. The van der Waals surface area contributed by atoms with Gasteiger partial charge in [0.2, 0.25) is 5.91 Å². The third-order valence-corrected chi connectivity index (χ3v) is 4.54. The number of benzene rings is 1. The molecule has 1 N–H and O–H groups in total. The summed E-state index contributed by atoms with van der Waals surface area (Å²) in [5.74, 6) is -1.08. The van der Waals surface area contributed by atoms with Crippen LogP contribution in [0.2, 0.25) is 0 Å². The van der Waals surface area contributed by atoms with E-state index >= 15 is 0 Å². The van der Waals surface area contributed by atoms with Crippen LogP contribution in [0, 0.1) is 0 Å². The summed E-state index contributed by atoms with van der Waals surface area (Å²) >= 11 is 5.67. The van der Waals surface area contributed by atoms with Crippen molar-refractivity contribution in [3.8, 4) is 0 Å². The second-order valence-corrected chi connectivity index (χ2v) is 6.26. The van der Waals surface area contributed by atoms with Gasteiger partial charge in [-0.05, 0) is 24.8 Å². The highest BCUT2D eigenvalue weighted by Gasteiger charge is 2.38. The van der Waals surface area contributed by atoms with Gasteiger partial charge < -0.3 is 19.7 Å². The SMILES string of the molecule is COC(=O)[C@@H](NC(=O)OCc1ccccc1)[C@H]1CCCCN1C(=O)CCl. The van der Waals surface area contributed by atoms with Gasteiger partial charge in [0, 0.05) is 6.54 Å². The maximum Gasteiger partial charge on any atom is 0.408 e. The predicted molar refractivity (Wildman–Crippen MR) is 95.6 cm³/mol. The number of halogens is 1. The van der Waals surface area contributed by atoms with Gasteiger partial charge in [0.1, 0.15) is 12.5 Å². The molecule has 1 fully saturated rings. The van der Waals surface area contributed by atoms with Gasteiger partial charge in [0.25, 0.3) is 0 Å². The minimum atomic E-state index is -1.00. The molecule has 26 heavy (non-hydrogen) atoms. The fourth-order valence-electron chi connectivity index (χ4n) is 3.02. The number of nitrogens with one attached hydrogen (secondary N) is 1. The van der Waals surface area contributed by atoms with Crippen molar-refractivity contribution in [3.05, 3.63) is 35.9 Å². The monoisotopic (exact) mass is 382 g/mol. The molecule has 8 heteroatoms. The molecule has 1 aliphatic heterocycles. The lowest BCUT2D eigenvalue weighted by Crippen LogP contribution is -2.59. The fraction of sp³-hybridized carbons (Fsp3) is 0.500. The van der Waals surface area contributed by atoms with E-state index in [0.717, 1.165) is 18.4 Å². The molecule has 1 aromatic carbocycles. The molecule has 1 saturated heterocycles. The van der Waals surface area contributed by atoms with Crippen LogP contribution in [0.5, 0.6) is 0 Å². The van der Waals surface area contributed by atoms with E-state index in [-0.39, 0.29) is 18.4 Å². The van der Waals surface area contributed by atoms with E-state index in [9.17, 15) is 14.4 Å². The number of likely N-dealkylation sites (tertiary alicyclic amines) is 1. The van der Waals surface area contributed by atoms with E-state index in [1.165, 1.54) is 12.0 Å². The van der Waals surface area contributed by atoms with E-state index in [1.807, 2.05) is 30.3 Å². The Morgan fingerprint density at radius 2 is 2.00 bits per heavy atom. The number of ether oxygens (including phenoxy) is 2. The van der Waals surface area contributed by atoms with E-state index in [0.29, 0.717) is 13.0 Å². The number of hydrogen-bond acceptors (Lipinski definition) is 5. The second kappa shape index (κ2) is 10.0. The zero-order valence-electron chi connectivity index (χ0n) is 14.7. The molecule has 0 aliphatic carbocycles. The Morgan fingerprint density at radius 3 is 2.65 bits per heavy atom. The van der Waals surface area contributed by atoms with Crippen molar-refractivity contribution in [1.29, 1.82) is 0 Å². The number of carbonyl (C=O) groups is 3. The molecule has 7 nitrogen and oxygen atoms in total. The highest BCUT2D eigenvalue weighted by molar-refractivity contribution is 6.27. The Bertz CT molecular complexity index is 625. The van der Waals surface area contributed by atoms with E-state index in [2.05, 4.69) is 5.32 Å². The lowest BCUT2D eigenvalue weighted by atomic mass is 9.95. The first-order valence-electron chi connectivity index (χ1n) is 8.47. The lowest BCUT2D eigenvalue weighted by Gasteiger charge is -2.39. The molecule has 0 bridgehead atoms. The van der Waals surface area contributed by atoms with Crippen molar-refractivity contribution in [2.75, 3.05) is 19.5 Å². The molecule has 2 amide bonds. The van der Waals surface area contributed by atoms with E-state index in [4.69, 9.17) is 21.1 Å². The van der Waals surface area contributed by atoms with Crippen LogP contribution < -0.4 is 5.32 Å². The molecule has 0 aromatic heterocycles. The van der Waals surface area contributed by atoms with E-state index in [1.54, 1.807) is 0 Å². The number of hydrogen-bond donors (Lipinski definition) is 1. The fourth-order valence-corrected chi connectivity index (χ4v) is 3.17. The molecule has 0 saturated carbocycles. The molecule has 1 aliphatic rings. The number of alkyl halides is 1. The minimum Gasteiger partial charge on any atom is -0.467 e. The number of carbonyl (C=O) groups excluding carboxylic acids is 3. The molecule has 1 heterocycles. The summed E-state index contributed by atoms with van der Waals surface area (Å²) in [6.45, 7) is 0.569. The second-order valence-electron chi connectivity index (χ2n) is 5.99. The predicted octanol–water partition coefficient (Wildman–Crippen LogP) is 2.07. The van der Waals surface area contributed by atoms with Crippen molar-refractivity contribution in [2.24, 2.45) is 0 Å². The zero-order chi connectivity index (χ0) is 18.9. The number of methoxy groups -OCH3 is 1. The first kappa shape index (κ1) is 20.0. The summed E-state index contributed by atoms with van der Waals surface area (Å²) in [7, 11) is 1.24. The number of nitrogens with zero attached hydrogens (tertiary/aromatic N) is 1. The van der Waals surface area contributed by atoms with Crippen molar-refractivity contribution < 1.29 is 23.9 Å². The maximum absolute atomic E-state index is 12.2. The van der Waals surface area contributed by atoms with Crippen LogP contribution in [0.25, 0.3) is 0 Å². The first-order chi connectivity index (χ1) is 12.6. The smallest absolute Gasteiger partial charge is 0.408 e. The van der Waals surface area contributed by atoms with Crippen molar-refractivity contribution in [1.82, 2.24) is 10.2 Å². The maximum atomic E-state index is 12.2. The summed E-state index contributed by atoms with van der Waals surface area (Å²) < 4.78 is 9.99. The molecule has 142 valence electrons. The molecular weight excluding hydrogens is 360 g/mol.